The number of hydrogen-bond donors (Lipinski definition) is 2. The molecular weight excluding hydrogens is 387 g/mol. The summed E-state index contributed by atoms with van der Waals surface area (Å²) in [6, 6.07) is 11.4. The molecule has 1 unspecified atom stereocenters. The zero-order chi connectivity index (χ0) is 19.2. The lowest BCUT2D eigenvalue weighted by molar-refractivity contribution is -0.122. The summed E-state index contributed by atoms with van der Waals surface area (Å²) in [5, 5.41) is 6.34. The Morgan fingerprint density at radius 2 is 1.96 bits per heavy atom. The van der Waals surface area contributed by atoms with E-state index in [1.165, 1.54) is 17.8 Å². The van der Waals surface area contributed by atoms with Crippen molar-refractivity contribution >= 4 is 35.2 Å². The van der Waals surface area contributed by atoms with Gasteiger partial charge in [0, 0.05) is 34.2 Å². The Kier molecular flexibility index (Phi) is 6.74. The van der Waals surface area contributed by atoms with Crippen LogP contribution in [-0.4, -0.2) is 24.1 Å². The van der Waals surface area contributed by atoms with Crippen LogP contribution in [0, 0.1) is 5.82 Å². The van der Waals surface area contributed by atoms with Gasteiger partial charge in [-0.25, -0.2) is 4.39 Å². The Balaban J connectivity index is 1.44. The summed E-state index contributed by atoms with van der Waals surface area (Å²) in [7, 11) is 0. The average molecular weight is 407 g/mol. The molecule has 0 bridgehead atoms. The summed E-state index contributed by atoms with van der Waals surface area (Å²) in [5.74, 6) is 0.251. The van der Waals surface area contributed by atoms with Crippen molar-refractivity contribution in [1.29, 1.82) is 0 Å². The van der Waals surface area contributed by atoms with E-state index in [4.69, 9.17) is 11.6 Å². The molecule has 2 N–H and O–H groups in total. The van der Waals surface area contributed by atoms with Crippen molar-refractivity contribution in [3.63, 3.8) is 0 Å². The van der Waals surface area contributed by atoms with Crippen molar-refractivity contribution in [1.82, 2.24) is 10.6 Å². The topological polar surface area (TPSA) is 58.2 Å². The molecule has 2 aromatic carbocycles. The van der Waals surface area contributed by atoms with Gasteiger partial charge in [0.25, 0.3) is 5.91 Å². The average Bonchev–Trinajstić information content (AvgIpc) is 2.66. The van der Waals surface area contributed by atoms with E-state index < -0.39 is 0 Å². The molecule has 1 aliphatic heterocycles. The van der Waals surface area contributed by atoms with Crippen molar-refractivity contribution in [2.24, 2.45) is 0 Å². The highest BCUT2D eigenvalue weighted by atomic mass is 35.5. The van der Waals surface area contributed by atoms with Crippen LogP contribution in [0.4, 0.5) is 4.39 Å². The number of thioether (sulfide) groups is 1. The maximum Gasteiger partial charge on any atom is 0.251 e. The minimum atomic E-state index is -0.235. The van der Waals surface area contributed by atoms with Gasteiger partial charge in [-0.1, -0.05) is 23.7 Å². The molecule has 0 radical (unpaired) electrons. The lowest BCUT2D eigenvalue weighted by atomic mass is 10.0. The molecule has 0 spiro atoms. The zero-order valence-corrected chi connectivity index (χ0v) is 16.2. The number of rotatable bonds is 6. The van der Waals surface area contributed by atoms with Crippen molar-refractivity contribution in [2.45, 2.75) is 30.2 Å². The number of carbonyl (C=O) groups excluding carboxylic acids is 2. The van der Waals surface area contributed by atoms with Crippen LogP contribution in [0.5, 0.6) is 0 Å². The molecule has 0 saturated carbocycles. The fourth-order valence-electron chi connectivity index (χ4n) is 2.96. The smallest absolute Gasteiger partial charge is 0.251 e. The number of fused-ring (bicyclic) bond motifs is 1. The van der Waals surface area contributed by atoms with Gasteiger partial charge in [0.15, 0.2) is 0 Å². The van der Waals surface area contributed by atoms with Crippen molar-refractivity contribution in [2.75, 3.05) is 12.3 Å². The minimum absolute atomic E-state index is 0.0946. The predicted octanol–water partition coefficient (Wildman–Crippen LogP) is 4.34. The van der Waals surface area contributed by atoms with E-state index in [0.29, 0.717) is 34.9 Å². The number of nitrogens with one attached hydrogen (secondary N) is 2. The van der Waals surface area contributed by atoms with Gasteiger partial charge in [-0.15, -0.1) is 11.8 Å². The van der Waals surface area contributed by atoms with Crippen LogP contribution in [-0.2, 0) is 4.79 Å². The van der Waals surface area contributed by atoms with Gasteiger partial charge in [-0.05, 0) is 48.7 Å². The molecule has 2 aromatic rings. The van der Waals surface area contributed by atoms with Crippen molar-refractivity contribution < 1.29 is 14.0 Å². The minimum Gasteiger partial charge on any atom is -0.352 e. The van der Waals surface area contributed by atoms with Gasteiger partial charge >= 0.3 is 0 Å². The molecule has 4 nitrogen and oxygen atoms in total. The molecule has 0 fully saturated rings. The summed E-state index contributed by atoms with van der Waals surface area (Å²) in [4.78, 5) is 24.8. The zero-order valence-electron chi connectivity index (χ0n) is 14.6. The quantitative estimate of drug-likeness (QED) is 0.701. The number of benzene rings is 2. The second-order valence-electron chi connectivity index (χ2n) is 6.28. The Hall–Kier alpha value is -2.05. The fourth-order valence-corrected chi connectivity index (χ4v) is 4.22. The normalized spacial score (nSPS) is 15.7. The molecule has 0 aromatic heterocycles. The molecule has 27 heavy (non-hydrogen) atoms. The van der Waals surface area contributed by atoms with E-state index >= 15 is 0 Å². The first-order valence-corrected chi connectivity index (χ1v) is 10.2. The van der Waals surface area contributed by atoms with Gasteiger partial charge in [0.2, 0.25) is 5.91 Å². The number of carbonyl (C=O) groups is 2. The van der Waals surface area contributed by atoms with Crippen LogP contribution < -0.4 is 10.6 Å². The van der Waals surface area contributed by atoms with Gasteiger partial charge in [-0.3, -0.25) is 9.59 Å². The molecule has 7 heteroatoms. The van der Waals surface area contributed by atoms with Crippen molar-refractivity contribution in [3.05, 3.63) is 64.4 Å². The lowest BCUT2D eigenvalue weighted by Gasteiger charge is -2.26. The first-order valence-electron chi connectivity index (χ1n) is 8.79. The first-order chi connectivity index (χ1) is 13.0. The van der Waals surface area contributed by atoms with E-state index in [-0.39, 0.29) is 23.7 Å². The maximum atomic E-state index is 13.9. The van der Waals surface area contributed by atoms with Crippen LogP contribution in [0.2, 0.25) is 5.02 Å². The summed E-state index contributed by atoms with van der Waals surface area (Å²) in [6.07, 6.45) is 1.61. The van der Waals surface area contributed by atoms with Gasteiger partial charge in [0.05, 0.1) is 6.04 Å². The summed E-state index contributed by atoms with van der Waals surface area (Å²) < 4.78 is 13.9. The second-order valence-corrected chi connectivity index (χ2v) is 7.82. The van der Waals surface area contributed by atoms with Crippen LogP contribution in [0.15, 0.2) is 47.4 Å². The monoisotopic (exact) mass is 406 g/mol. The SMILES string of the molecule is O=C(CCCNC(=O)c1ccc(Cl)cc1)NC1CCSc2c(F)cccc21. The van der Waals surface area contributed by atoms with E-state index in [1.807, 2.05) is 6.07 Å². The van der Waals surface area contributed by atoms with Crippen LogP contribution in [0.1, 0.15) is 41.2 Å². The molecular formula is C20H20ClFN2O2S. The second kappa shape index (κ2) is 9.24. The summed E-state index contributed by atoms with van der Waals surface area (Å²) >= 11 is 7.29. The third-order valence-electron chi connectivity index (χ3n) is 4.33. The number of hydrogen-bond acceptors (Lipinski definition) is 3. The van der Waals surface area contributed by atoms with E-state index in [0.717, 1.165) is 17.7 Å². The Morgan fingerprint density at radius 1 is 1.19 bits per heavy atom. The fraction of sp³-hybridized carbons (Fsp3) is 0.300. The van der Waals surface area contributed by atoms with Gasteiger partial charge in [-0.2, -0.15) is 0 Å². The standard InChI is InChI=1S/C20H20ClFN2O2S/c21-14-8-6-13(7-9-14)20(26)23-11-2-5-18(25)24-17-10-12-27-19-15(17)3-1-4-16(19)22/h1,3-4,6-9,17H,2,5,10-12H2,(H,23,26)(H,24,25). The largest absolute Gasteiger partial charge is 0.352 e. The number of halogens is 2. The van der Waals surface area contributed by atoms with Crippen LogP contribution in [0.3, 0.4) is 0 Å². The van der Waals surface area contributed by atoms with E-state index in [1.54, 1.807) is 30.3 Å². The third-order valence-corrected chi connectivity index (χ3v) is 5.74. The summed E-state index contributed by atoms with van der Waals surface area (Å²) in [5.41, 5.74) is 1.37. The molecule has 142 valence electrons. The van der Waals surface area contributed by atoms with Gasteiger partial charge < -0.3 is 10.6 Å². The molecule has 0 saturated heterocycles. The van der Waals surface area contributed by atoms with E-state index in [9.17, 15) is 14.0 Å². The molecule has 0 aliphatic carbocycles. The highest BCUT2D eigenvalue weighted by Crippen LogP contribution is 2.37. The van der Waals surface area contributed by atoms with Crippen LogP contribution in [0.25, 0.3) is 0 Å². The Labute approximate surface area is 166 Å². The Bertz CT molecular complexity index is 829. The van der Waals surface area contributed by atoms with Gasteiger partial charge in [0.1, 0.15) is 5.82 Å². The number of amides is 2. The highest BCUT2D eigenvalue weighted by molar-refractivity contribution is 7.99. The molecule has 3 rings (SSSR count). The highest BCUT2D eigenvalue weighted by Gasteiger charge is 2.24. The predicted molar refractivity (Wildman–Crippen MR) is 106 cm³/mol. The first kappa shape index (κ1) is 19.7. The van der Waals surface area contributed by atoms with Crippen LogP contribution >= 0.6 is 23.4 Å². The van der Waals surface area contributed by atoms with Crippen molar-refractivity contribution in [3.8, 4) is 0 Å². The lowest BCUT2D eigenvalue weighted by Crippen LogP contribution is -2.31. The summed E-state index contributed by atoms with van der Waals surface area (Å²) in [6.45, 7) is 0.403. The van der Waals surface area contributed by atoms with E-state index in [2.05, 4.69) is 10.6 Å². The molecule has 1 heterocycles. The maximum absolute atomic E-state index is 13.9. The molecule has 1 atom stereocenters. The third kappa shape index (κ3) is 5.23. The Morgan fingerprint density at radius 3 is 2.74 bits per heavy atom. The molecule has 2 amide bonds. The molecule has 1 aliphatic rings.